The predicted octanol–water partition coefficient (Wildman–Crippen LogP) is 8.12. The minimum absolute atomic E-state index is 0. The van der Waals surface area contributed by atoms with Crippen molar-refractivity contribution in [3.8, 4) is 0 Å². The molecule has 0 fully saturated rings. The van der Waals surface area contributed by atoms with Crippen molar-refractivity contribution < 1.29 is 32.0 Å². The van der Waals surface area contributed by atoms with Crippen LogP contribution in [0.15, 0.2) is 69.3 Å². The van der Waals surface area contributed by atoms with Crippen molar-refractivity contribution >= 4 is 45.2 Å². The number of benzene rings is 2. The van der Waals surface area contributed by atoms with E-state index in [0.717, 1.165) is 29.2 Å². The van der Waals surface area contributed by atoms with E-state index in [2.05, 4.69) is 12.1 Å². The Morgan fingerprint density at radius 2 is 1.10 bits per heavy atom. The fraction of sp³-hybridized carbons (Fsp3) is 0.533. The van der Waals surface area contributed by atoms with Crippen molar-refractivity contribution in [2.24, 2.45) is 0 Å². The van der Waals surface area contributed by atoms with E-state index in [-0.39, 0.29) is 58.4 Å². The molecule has 0 aromatic heterocycles. The standard InChI is InChI=1S/C13H18O5S2.C13H18O2S.4CH4/c1-10(14)9-11(18-2)7-8-19-12-3-5-13(6-4-12)20(15,16)17;1-11(14)10-12(15-2)8-9-16-13-6-4-3-5-7-13;;;;/h3-6,11H,7-9H2,1-2H3,(H,15,16,17);3-7,12H,8-10H2,1-2H3;4*1H4. The lowest BCUT2D eigenvalue weighted by atomic mass is 10.1. The van der Waals surface area contributed by atoms with E-state index < -0.39 is 10.1 Å². The Hall–Kier alpha value is -1.69. The number of ketones is 2. The summed E-state index contributed by atoms with van der Waals surface area (Å²) in [6.07, 6.45) is 2.55. The Morgan fingerprint density at radius 3 is 1.43 bits per heavy atom. The highest BCUT2D eigenvalue weighted by atomic mass is 32.2. The van der Waals surface area contributed by atoms with Gasteiger partial charge in [-0.2, -0.15) is 8.42 Å². The fourth-order valence-corrected chi connectivity index (χ4v) is 5.48. The van der Waals surface area contributed by atoms with Gasteiger partial charge >= 0.3 is 0 Å². The van der Waals surface area contributed by atoms with E-state index in [1.54, 1.807) is 56.8 Å². The number of ether oxygens (including phenoxy) is 2. The van der Waals surface area contributed by atoms with Gasteiger partial charge in [0.15, 0.2) is 0 Å². The number of Topliss-reactive ketones (excluding diaryl/α,β-unsaturated/α-hetero) is 2. The average Bonchev–Trinajstić information content (AvgIpc) is 2.83. The SMILES string of the molecule is C.C.C.C.COC(CCSc1ccc(S(=O)(=O)O)cc1)CC(C)=O.COC(CCSc1ccccc1)CC(C)=O. The van der Waals surface area contributed by atoms with E-state index in [0.29, 0.717) is 12.8 Å². The third-order valence-electron chi connectivity index (χ3n) is 4.98. The first-order valence-electron chi connectivity index (χ1n) is 11.5. The molecule has 0 saturated heterocycles. The zero-order chi connectivity index (χ0) is 27.0. The van der Waals surface area contributed by atoms with Gasteiger partial charge in [-0.15, -0.1) is 23.5 Å². The lowest BCUT2D eigenvalue weighted by Crippen LogP contribution is -2.15. The van der Waals surface area contributed by atoms with E-state index >= 15 is 0 Å². The van der Waals surface area contributed by atoms with Crippen molar-refractivity contribution in [1.82, 2.24) is 0 Å². The fourth-order valence-electron chi connectivity index (χ4n) is 3.09. The molecule has 0 spiro atoms. The molecule has 10 heteroatoms. The van der Waals surface area contributed by atoms with Crippen LogP contribution in [-0.2, 0) is 29.2 Å². The van der Waals surface area contributed by atoms with Gasteiger partial charge in [0.2, 0.25) is 0 Å². The number of carbonyl (C=O) groups is 2. The number of carbonyl (C=O) groups excluding carboxylic acids is 2. The normalized spacial score (nSPS) is 11.5. The third kappa shape index (κ3) is 21.1. The average molecular weight is 621 g/mol. The van der Waals surface area contributed by atoms with Crippen LogP contribution in [0.25, 0.3) is 0 Å². The molecule has 2 unspecified atom stereocenters. The summed E-state index contributed by atoms with van der Waals surface area (Å²) in [4.78, 5) is 24.0. The second-order valence-corrected chi connectivity index (χ2v) is 11.8. The maximum absolute atomic E-state index is 11.0. The third-order valence-corrected chi connectivity index (χ3v) is 7.94. The van der Waals surface area contributed by atoms with Gasteiger partial charge < -0.3 is 9.47 Å². The van der Waals surface area contributed by atoms with Crippen LogP contribution >= 0.6 is 23.5 Å². The van der Waals surface area contributed by atoms with Crippen molar-refractivity contribution in [2.75, 3.05) is 25.7 Å². The minimum Gasteiger partial charge on any atom is -0.381 e. The molecule has 2 aromatic rings. The largest absolute Gasteiger partial charge is 0.381 e. The molecule has 232 valence electrons. The highest BCUT2D eigenvalue weighted by Crippen LogP contribution is 2.22. The summed E-state index contributed by atoms with van der Waals surface area (Å²) in [5, 5.41) is 0. The number of hydrogen-bond acceptors (Lipinski definition) is 8. The molecular weight excluding hydrogens is 569 g/mol. The number of thioether (sulfide) groups is 2. The quantitative estimate of drug-likeness (QED) is 0.156. The second kappa shape index (κ2) is 25.1. The molecule has 40 heavy (non-hydrogen) atoms. The molecule has 0 saturated carbocycles. The van der Waals surface area contributed by atoms with Crippen LogP contribution in [0.4, 0.5) is 0 Å². The molecule has 1 N–H and O–H groups in total. The Balaban J connectivity index is -0.000000300. The first-order chi connectivity index (χ1) is 17.0. The van der Waals surface area contributed by atoms with Crippen LogP contribution in [-0.4, -0.2) is 62.5 Å². The van der Waals surface area contributed by atoms with Gasteiger partial charge in [-0.05, 0) is 63.1 Å². The Kier molecular flexibility index (Phi) is 28.4. The molecule has 0 aliphatic rings. The van der Waals surface area contributed by atoms with Crippen molar-refractivity contribution in [1.29, 1.82) is 0 Å². The molecule has 0 radical (unpaired) electrons. The Labute approximate surface area is 253 Å². The maximum atomic E-state index is 11.0. The molecule has 0 amide bonds. The van der Waals surface area contributed by atoms with Crippen LogP contribution in [0.5, 0.6) is 0 Å². The van der Waals surface area contributed by atoms with Gasteiger partial charge in [0, 0.05) is 48.4 Å². The van der Waals surface area contributed by atoms with Crippen LogP contribution < -0.4 is 0 Å². The zero-order valence-corrected chi connectivity index (χ0v) is 23.7. The smallest absolute Gasteiger partial charge is 0.294 e. The summed E-state index contributed by atoms with van der Waals surface area (Å²) in [7, 11) is -0.888. The highest BCUT2D eigenvalue weighted by Gasteiger charge is 2.12. The minimum atomic E-state index is -4.14. The molecule has 7 nitrogen and oxygen atoms in total. The topological polar surface area (TPSA) is 107 Å². The molecule has 0 heterocycles. The molecular formula is C30H52O7S3. The molecule has 2 atom stereocenters. The summed E-state index contributed by atoms with van der Waals surface area (Å²) in [5.74, 6) is 2.03. The van der Waals surface area contributed by atoms with E-state index in [1.807, 2.05) is 18.2 Å². The van der Waals surface area contributed by atoms with Gasteiger partial charge in [0.05, 0.1) is 17.1 Å². The lowest BCUT2D eigenvalue weighted by Gasteiger charge is -2.13. The van der Waals surface area contributed by atoms with Gasteiger partial charge in [0.25, 0.3) is 10.1 Å². The summed E-state index contributed by atoms with van der Waals surface area (Å²) in [6, 6.07) is 16.3. The van der Waals surface area contributed by atoms with Crippen LogP contribution in [0.3, 0.4) is 0 Å². The van der Waals surface area contributed by atoms with Crippen molar-refractivity contribution in [3.05, 3.63) is 54.6 Å². The molecule has 0 bridgehead atoms. The van der Waals surface area contributed by atoms with Crippen molar-refractivity contribution in [3.63, 3.8) is 0 Å². The van der Waals surface area contributed by atoms with E-state index in [1.165, 1.54) is 24.0 Å². The Bertz CT molecular complexity index is 1010. The summed E-state index contributed by atoms with van der Waals surface area (Å²) in [5.41, 5.74) is 0. The Morgan fingerprint density at radius 1 is 0.725 bits per heavy atom. The monoisotopic (exact) mass is 620 g/mol. The second-order valence-electron chi connectivity index (χ2n) is 8.06. The van der Waals surface area contributed by atoms with E-state index in [4.69, 9.17) is 14.0 Å². The summed E-state index contributed by atoms with van der Waals surface area (Å²) < 4.78 is 41.1. The number of hydrogen-bond donors (Lipinski definition) is 1. The lowest BCUT2D eigenvalue weighted by molar-refractivity contribution is -0.120. The highest BCUT2D eigenvalue weighted by molar-refractivity contribution is 7.99. The van der Waals surface area contributed by atoms with Gasteiger partial charge in [-0.3, -0.25) is 14.1 Å². The van der Waals surface area contributed by atoms with Gasteiger partial charge in [0.1, 0.15) is 11.6 Å². The molecule has 2 rings (SSSR count). The van der Waals surface area contributed by atoms with Crippen LogP contribution in [0.1, 0.15) is 69.2 Å². The van der Waals surface area contributed by atoms with Gasteiger partial charge in [-0.1, -0.05) is 47.9 Å². The van der Waals surface area contributed by atoms with Gasteiger partial charge in [-0.25, -0.2) is 0 Å². The van der Waals surface area contributed by atoms with E-state index in [9.17, 15) is 18.0 Å². The molecule has 0 aliphatic heterocycles. The first-order valence-corrected chi connectivity index (χ1v) is 14.9. The maximum Gasteiger partial charge on any atom is 0.294 e. The molecule has 0 aliphatic carbocycles. The number of methoxy groups -OCH3 is 2. The number of rotatable bonds is 15. The molecule has 2 aromatic carbocycles. The summed E-state index contributed by atoms with van der Waals surface area (Å²) >= 11 is 3.34. The zero-order valence-electron chi connectivity index (χ0n) is 21.2. The predicted molar refractivity (Wildman–Crippen MR) is 172 cm³/mol. The first kappa shape index (κ1) is 45.3. The van der Waals surface area contributed by atoms with Crippen LogP contribution in [0, 0.1) is 0 Å². The van der Waals surface area contributed by atoms with Crippen molar-refractivity contribution in [2.45, 2.75) is 96.1 Å². The van der Waals surface area contributed by atoms with Crippen LogP contribution in [0.2, 0.25) is 0 Å². The summed E-state index contributed by atoms with van der Waals surface area (Å²) in [6.45, 7) is 3.14.